The van der Waals surface area contributed by atoms with E-state index in [1.807, 2.05) is 29.1 Å². The average molecular weight is 321 g/mol. The largest absolute Gasteiger partial charge is 0.497 e. The summed E-state index contributed by atoms with van der Waals surface area (Å²) in [4.78, 5) is 12.2. The Morgan fingerprint density at radius 1 is 1.12 bits per heavy atom. The van der Waals surface area contributed by atoms with Crippen LogP contribution in [0.15, 0.2) is 67.0 Å². The van der Waals surface area contributed by atoms with E-state index in [1.165, 1.54) is 5.56 Å². The van der Waals surface area contributed by atoms with Crippen molar-refractivity contribution in [3.8, 4) is 5.75 Å². The number of carbonyl (C=O) groups excluding carboxylic acids is 1. The van der Waals surface area contributed by atoms with Gasteiger partial charge in [-0.15, -0.1) is 0 Å². The molecular formula is C19H19N3O2. The van der Waals surface area contributed by atoms with Gasteiger partial charge in [0.2, 0.25) is 0 Å². The van der Waals surface area contributed by atoms with E-state index in [0.29, 0.717) is 11.3 Å². The quantitative estimate of drug-likeness (QED) is 0.757. The fraction of sp³-hybridized carbons (Fsp3) is 0.158. The van der Waals surface area contributed by atoms with Crippen LogP contribution in [0.5, 0.6) is 5.75 Å². The van der Waals surface area contributed by atoms with Crippen molar-refractivity contribution in [3.63, 3.8) is 0 Å². The maximum Gasteiger partial charge on any atom is 0.255 e. The van der Waals surface area contributed by atoms with Crippen molar-refractivity contribution in [1.82, 2.24) is 9.78 Å². The molecule has 3 aromatic rings. The number of methoxy groups -OCH3 is 1. The minimum absolute atomic E-state index is 0.166. The third-order valence-corrected chi connectivity index (χ3v) is 3.72. The summed E-state index contributed by atoms with van der Waals surface area (Å²) in [7, 11) is 1.60. The lowest BCUT2D eigenvalue weighted by atomic mass is 10.1. The van der Waals surface area contributed by atoms with Crippen molar-refractivity contribution in [2.45, 2.75) is 13.0 Å². The third kappa shape index (κ3) is 4.01. The van der Waals surface area contributed by atoms with Gasteiger partial charge in [-0.1, -0.05) is 30.3 Å². The van der Waals surface area contributed by atoms with Crippen LogP contribution in [-0.2, 0) is 13.0 Å². The molecule has 0 radical (unpaired) electrons. The lowest BCUT2D eigenvalue weighted by molar-refractivity contribution is 0.102. The molecule has 2 aromatic carbocycles. The number of amides is 1. The van der Waals surface area contributed by atoms with E-state index in [1.54, 1.807) is 37.6 Å². The Bertz CT molecular complexity index is 795. The zero-order valence-electron chi connectivity index (χ0n) is 13.5. The van der Waals surface area contributed by atoms with Crippen molar-refractivity contribution in [3.05, 3.63) is 78.1 Å². The summed E-state index contributed by atoms with van der Waals surface area (Å²) in [5.41, 5.74) is 2.52. The highest BCUT2D eigenvalue weighted by molar-refractivity contribution is 6.04. The molecule has 1 heterocycles. The maximum atomic E-state index is 12.2. The van der Waals surface area contributed by atoms with Gasteiger partial charge in [-0.3, -0.25) is 9.48 Å². The highest BCUT2D eigenvalue weighted by Crippen LogP contribution is 2.13. The highest BCUT2D eigenvalue weighted by Gasteiger charge is 2.08. The predicted octanol–water partition coefficient (Wildman–Crippen LogP) is 3.39. The van der Waals surface area contributed by atoms with Gasteiger partial charge in [0.1, 0.15) is 5.75 Å². The fourth-order valence-electron chi connectivity index (χ4n) is 2.38. The Labute approximate surface area is 140 Å². The van der Waals surface area contributed by atoms with Crippen LogP contribution < -0.4 is 10.1 Å². The van der Waals surface area contributed by atoms with Gasteiger partial charge in [-0.05, 0) is 36.2 Å². The highest BCUT2D eigenvalue weighted by atomic mass is 16.5. The number of anilines is 1. The second kappa shape index (κ2) is 7.46. The number of nitrogens with zero attached hydrogens (tertiary/aromatic N) is 2. The Balaban J connectivity index is 1.57. The smallest absolute Gasteiger partial charge is 0.255 e. The zero-order valence-corrected chi connectivity index (χ0v) is 13.5. The minimum Gasteiger partial charge on any atom is -0.497 e. The molecule has 0 unspecified atom stereocenters. The van der Waals surface area contributed by atoms with E-state index in [2.05, 4.69) is 22.5 Å². The van der Waals surface area contributed by atoms with E-state index >= 15 is 0 Å². The van der Waals surface area contributed by atoms with Crippen molar-refractivity contribution in [2.24, 2.45) is 0 Å². The summed E-state index contributed by atoms with van der Waals surface area (Å²) >= 11 is 0. The first-order valence-electron chi connectivity index (χ1n) is 7.76. The molecule has 0 spiro atoms. The van der Waals surface area contributed by atoms with Crippen LogP contribution in [0.4, 0.5) is 5.69 Å². The molecular weight excluding hydrogens is 302 g/mol. The number of carbonyl (C=O) groups is 1. The fourth-order valence-corrected chi connectivity index (χ4v) is 2.38. The molecule has 0 bridgehead atoms. The van der Waals surface area contributed by atoms with Crippen LogP contribution in [0, 0.1) is 0 Å². The summed E-state index contributed by atoms with van der Waals surface area (Å²) in [5.74, 6) is 0.556. The third-order valence-electron chi connectivity index (χ3n) is 3.72. The number of hydrogen-bond donors (Lipinski definition) is 1. The molecule has 0 atom stereocenters. The summed E-state index contributed by atoms with van der Waals surface area (Å²) in [6.45, 7) is 0.766. The molecule has 3 rings (SSSR count). The van der Waals surface area contributed by atoms with Crippen LogP contribution in [0.3, 0.4) is 0 Å². The van der Waals surface area contributed by atoms with E-state index in [4.69, 9.17) is 4.74 Å². The Morgan fingerprint density at radius 3 is 2.58 bits per heavy atom. The van der Waals surface area contributed by atoms with Crippen LogP contribution in [0.1, 0.15) is 15.9 Å². The van der Waals surface area contributed by atoms with Gasteiger partial charge in [-0.25, -0.2) is 0 Å². The first-order valence-corrected chi connectivity index (χ1v) is 7.76. The molecule has 0 aliphatic carbocycles. The van der Waals surface area contributed by atoms with Crippen molar-refractivity contribution >= 4 is 11.6 Å². The number of nitrogens with one attached hydrogen (secondary N) is 1. The number of benzene rings is 2. The molecule has 0 fully saturated rings. The summed E-state index contributed by atoms with van der Waals surface area (Å²) in [6, 6.07) is 17.2. The molecule has 0 saturated carbocycles. The minimum atomic E-state index is -0.166. The Hall–Kier alpha value is -3.08. The van der Waals surface area contributed by atoms with Crippen LogP contribution >= 0.6 is 0 Å². The Kier molecular flexibility index (Phi) is 4.91. The van der Waals surface area contributed by atoms with Crippen LogP contribution in [-0.4, -0.2) is 22.8 Å². The normalized spacial score (nSPS) is 10.4. The average Bonchev–Trinajstić information content (AvgIpc) is 3.08. The zero-order chi connectivity index (χ0) is 16.8. The molecule has 24 heavy (non-hydrogen) atoms. The summed E-state index contributed by atoms with van der Waals surface area (Å²) in [5, 5.41) is 7.14. The topological polar surface area (TPSA) is 56.1 Å². The molecule has 0 aliphatic heterocycles. The van der Waals surface area contributed by atoms with E-state index < -0.39 is 0 Å². The Morgan fingerprint density at radius 2 is 1.88 bits per heavy atom. The first-order chi connectivity index (χ1) is 11.7. The molecule has 0 aliphatic rings. The second-order valence-electron chi connectivity index (χ2n) is 5.41. The van der Waals surface area contributed by atoms with Gasteiger partial charge in [-0.2, -0.15) is 5.10 Å². The molecule has 5 nitrogen and oxygen atoms in total. The molecule has 1 N–H and O–H groups in total. The molecule has 5 heteroatoms. The molecule has 1 amide bonds. The van der Waals surface area contributed by atoms with Gasteiger partial charge in [0, 0.05) is 18.3 Å². The van der Waals surface area contributed by atoms with Gasteiger partial charge in [0.05, 0.1) is 19.0 Å². The lowest BCUT2D eigenvalue weighted by Crippen LogP contribution is -2.11. The lowest BCUT2D eigenvalue weighted by Gasteiger charge is -2.04. The number of aryl methyl sites for hydroxylation is 2. The number of hydrogen-bond acceptors (Lipinski definition) is 3. The van der Waals surface area contributed by atoms with Crippen molar-refractivity contribution < 1.29 is 9.53 Å². The first kappa shape index (κ1) is 15.8. The van der Waals surface area contributed by atoms with E-state index in [-0.39, 0.29) is 5.91 Å². The van der Waals surface area contributed by atoms with Crippen LogP contribution in [0.25, 0.3) is 0 Å². The van der Waals surface area contributed by atoms with Gasteiger partial charge in [0.15, 0.2) is 0 Å². The van der Waals surface area contributed by atoms with Crippen molar-refractivity contribution in [2.75, 3.05) is 12.4 Å². The van der Waals surface area contributed by atoms with E-state index in [0.717, 1.165) is 18.7 Å². The number of ether oxygens (including phenoxy) is 1. The maximum absolute atomic E-state index is 12.2. The monoisotopic (exact) mass is 321 g/mol. The van der Waals surface area contributed by atoms with Gasteiger partial charge >= 0.3 is 0 Å². The number of rotatable bonds is 6. The van der Waals surface area contributed by atoms with Gasteiger partial charge in [0.25, 0.3) is 5.91 Å². The molecule has 122 valence electrons. The molecule has 1 aromatic heterocycles. The summed E-state index contributed by atoms with van der Waals surface area (Å²) < 4.78 is 6.92. The standard InChI is InChI=1S/C19H19N3O2/c1-24-18-9-7-16(8-10-18)19(23)21-17-13-20-22(14-17)12-11-15-5-3-2-4-6-15/h2-10,13-14H,11-12H2,1H3,(H,21,23). The predicted molar refractivity (Wildman–Crippen MR) is 93.3 cm³/mol. The molecule has 0 saturated heterocycles. The summed E-state index contributed by atoms with van der Waals surface area (Å²) in [6.07, 6.45) is 4.39. The SMILES string of the molecule is COc1ccc(C(=O)Nc2cnn(CCc3ccccc3)c2)cc1. The van der Waals surface area contributed by atoms with Gasteiger partial charge < -0.3 is 10.1 Å². The number of aromatic nitrogens is 2. The van der Waals surface area contributed by atoms with Crippen molar-refractivity contribution in [1.29, 1.82) is 0 Å². The van der Waals surface area contributed by atoms with Crippen LogP contribution in [0.2, 0.25) is 0 Å². The second-order valence-corrected chi connectivity index (χ2v) is 5.41. The van der Waals surface area contributed by atoms with E-state index in [9.17, 15) is 4.79 Å².